The molecule has 0 radical (unpaired) electrons. The summed E-state index contributed by atoms with van der Waals surface area (Å²) in [6, 6.07) is 13.9. The number of hydrogen-bond donors (Lipinski definition) is 1. The summed E-state index contributed by atoms with van der Waals surface area (Å²) in [6.07, 6.45) is 1.08. The van der Waals surface area contributed by atoms with Crippen molar-refractivity contribution in [3.05, 3.63) is 59.1 Å². The molecule has 0 spiro atoms. The van der Waals surface area contributed by atoms with Gasteiger partial charge in [0.1, 0.15) is 6.04 Å². The predicted octanol–water partition coefficient (Wildman–Crippen LogP) is 3.06. The van der Waals surface area contributed by atoms with Crippen molar-refractivity contribution in [2.45, 2.75) is 19.9 Å². The van der Waals surface area contributed by atoms with E-state index in [1.807, 2.05) is 42.3 Å². The van der Waals surface area contributed by atoms with Gasteiger partial charge in [0.05, 0.1) is 11.9 Å². The first kappa shape index (κ1) is 22.0. The summed E-state index contributed by atoms with van der Waals surface area (Å²) in [5.74, 6) is -0.369. The molecule has 2 rings (SSSR count). The van der Waals surface area contributed by atoms with E-state index in [4.69, 9.17) is 11.6 Å². The number of likely N-dealkylation sites (N-methyl/N-ethyl adjacent to an activating group) is 1. The summed E-state index contributed by atoms with van der Waals surface area (Å²) < 4.78 is 25.9. The number of amides is 1. The Morgan fingerprint density at radius 3 is 2.43 bits per heavy atom. The fraction of sp³-hybridized carbons (Fsp3) is 0.350. The summed E-state index contributed by atoms with van der Waals surface area (Å²) in [4.78, 5) is 14.7. The van der Waals surface area contributed by atoms with Gasteiger partial charge in [-0.15, -0.1) is 0 Å². The first-order valence-electron chi connectivity index (χ1n) is 8.90. The van der Waals surface area contributed by atoms with E-state index in [1.165, 1.54) is 0 Å². The standard InChI is InChI=1S/C20H26ClN3O3S/c1-15-10-11-17(21)14-19(15)24(28(4,26)27)16(2)20(25)22-12-13-23(3)18-8-6-5-7-9-18/h5-11,14,16H,12-13H2,1-4H3,(H,22,25)/t16-/m1/s1. The Hall–Kier alpha value is -2.25. The summed E-state index contributed by atoms with van der Waals surface area (Å²) in [6.45, 7) is 4.33. The molecule has 28 heavy (non-hydrogen) atoms. The molecule has 8 heteroatoms. The smallest absolute Gasteiger partial charge is 0.243 e. The van der Waals surface area contributed by atoms with Gasteiger partial charge in [-0.25, -0.2) is 8.42 Å². The molecule has 0 bridgehead atoms. The molecule has 0 saturated carbocycles. The molecule has 6 nitrogen and oxygen atoms in total. The number of aryl methyl sites for hydroxylation is 1. The van der Waals surface area contributed by atoms with Crippen molar-refractivity contribution in [1.82, 2.24) is 5.32 Å². The molecule has 0 fully saturated rings. The maximum atomic E-state index is 12.6. The second-order valence-corrected chi connectivity index (χ2v) is 9.01. The first-order valence-corrected chi connectivity index (χ1v) is 11.1. The van der Waals surface area contributed by atoms with E-state index in [0.717, 1.165) is 21.8 Å². The molecular weight excluding hydrogens is 398 g/mol. The first-order chi connectivity index (χ1) is 13.1. The molecule has 1 amide bonds. The van der Waals surface area contributed by atoms with Crippen LogP contribution in [0.5, 0.6) is 0 Å². The molecule has 0 aliphatic carbocycles. The van der Waals surface area contributed by atoms with E-state index >= 15 is 0 Å². The maximum absolute atomic E-state index is 12.6. The number of sulfonamides is 1. The number of carbonyl (C=O) groups excluding carboxylic acids is 1. The fourth-order valence-electron chi connectivity index (χ4n) is 2.91. The highest BCUT2D eigenvalue weighted by Gasteiger charge is 2.30. The SMILES string of the molecule is Cc1ccc(Cl)cc1N([C@H](C)C(=O)NCCN(C)c1ccccc1)S(C)(=O)=O. The highest BCUT2D eigenvalue weighted by atomic mass is 35.5. The van der Waals surface area contributed by atoms with Crippen molar-refractivity contribution in [3.63, 3.8) is 0 Å². The maximum Gasteiger partial charge on any atom is 0.243 e. The molecular formula is C20H26ClN3O3S. The predicted molar refractivity (Wildman–Crippen MR) is 116 cm³/mol. The lowest BCUT2D eigenvalue weighted by Gasteiger charge is -2.30. The number of nitrogens with zero attached hydrogens (tertiary/aromatic N) is 2. The molecule has 2 aromatic rings. The number of para-hydroxylation sites is 1. The van der Waals surface area contributed by atoms with Crippen molar-refractivity contribution >= 4 is 38.9 Å². The van der Waals surface area contributed by atoms with Crippen molar-refractivity contribution in [2.75, 3.05) is 35.6 Å². The molecule has 0 unspecified atom stereocenters. The molecule has 0 aliphatic rings. The van der Waals surface area contributed by atoms with Crippen molar-refractivity contribution in [3.8, 4) is 0 Å². The van der Waals surface area contributed by atoms with Crippen LogP contribution < -0.4 is 14.5 Å². The lowest BCUT2D eigenvalue weighted by atomic mass is 10.2. The minimum atomic E-state index is -3.68. The van der Waals surface area contributed by atoms with Gasteiger partial charge in [0.15, 0.2) is 0 Å². The second-order valence-electron chi connectivity index (χ2n) is 6.71. The van der Waals surface area contributed by atoms with Crippen LogP contribution in [0.3, 0.4) is 0 Å². The van der Waals surface area contributed by atoms with Crippen LogP contribution in [0.15, 0.2) is 48.5 Å². The van der Waals surface area contributed by atoms with Crippen LogP contribution in [0, 0.1) is 6.92 Å². The van der Waals surface area contributed by atoms with Crippen LogP contribution in [0.25, 0.3) is 0 Å². The average molecular weight is 424 g/mol. The lowest BCUT2D eigenvalue weighted by molar-refractivity contribution is -0.121. The van der Waals surface area contributed by atoms with Crippen molar-refractivity contribution in [1.29, 1.82) is 0 Å². The monoisotopic (exact) mass is 423 g/mol. The topological polar surface area (TPSA) is 69.7 Å². The third-order valence-electron chi connectivity index (χ3n) is 4.44. The highest BCUT2D eigenvalue weighted by molar-refractivity contribution is 7.92. The molecule has 1 atom stereocenters. The molecule has 1 N–H and O–H groups in total. The minimum absolute atomic E-state index is 0.369. The fourth-order valence-corrected chi connectivity index (χ4v) is 4.30. The van der Waals surface area contributed by atoms with Gasteiger partial charge in [-0.05, 0) is 43.7 Å². The van der Waals surface area contributed by atoms with Gasteiger partial charge in [0, 0.05) is 30.8 Å². The third kappa shape index (κ3) is 5.62. The van der Waals surface area contributed by atoms with Crippen LogP contribution in [-0.4, -0.2) is 46.8 Å². The van der Waals surface area contributed by atoms with E-state index in [0.29, 0.717) is 23.8 Å². The minimum Gasteiger partial charge on any atom is -0.373 e. The molecule has 0 aliphatic heterocycles. The van der Waals surface area contributed by atoms with Gasteiger partial charge in [0.2, 0.25) is 15.9 Å². The van der Waals surface area contributed by atoms with Crippen LogP contribution >= 0.6 is 11.6 Å². The van der Waals surface area contributed by atoms with E-state index in [2.05, 4.69) is 5.32 Å². The van der Waals surface area contributed by atoms with Crippen molar-refractivity contribution in [2.24, 2.45) is 0 Å². The number of anilines is 2. The second kappa shape index (κ2) is 9.30. The Morgan fingerprint density at radius 2 is 1.82 bits per heavy atom. The van der Waals surface area contributed by atoms with Gasteiger partial charge in [-0.2, -0.15) is 0 Å². The van der Waals surface area contributed by atoms with Crippen LogP contribution in [0.2, 0.25) is 5.02 Å². The Labute approximate surface area is 172 Å². The van der Waals surface area contributed by atoms with Crippen LogP contribution in [0.1, 0.15) is 12.5 Å². The zero-order valence-electron chi connectivity index (χ0n) is 16.5. The van der Waals surface area contributed by atoms with Gasteiger partial charge in [-0.3, -0.25) is 9.10 Å². The number of rotatable bonds is 8. The number of carbonyl (C=O) groups is 1. The van der Waals surface area contributed by atoms with Gasteiger partial charge in [0.25, 0.3) is 0 Å². The van der Waals surface area contributed by atoms with E-state index in [9.17, 15) is 13.2 Å². The Balaban J connectivity index is 2.09. The zero-order chi connectivity index (χ0) is 20.9. The number of hydrogen-bond acceptors (Lipinski definition) is 4. The quantitative estimate of drug-likeness (QED) is 0.708. The molecule has 152 valence electrons. The summed E-state index contributed by atoms with van der Waals surface area (Å²) in [5, 5.41) is 3.23. The van der Waals surface area contributed by atoms with Gasteiger partial charge < -0.3 is 10.2 Å². The summed E-state index contributed by atoms with van der Waals surface area (Å²) in [7, 11) is -1.75. The Morgan fingerprint density at radius 1 is 1.18 bits per heavy atom. The third-order valence-corrected chi connectivity index (χ3v) is 5.90. The summed E-state index contributed by atoms with van der Waals surface area (Å²) in [5.41, 5.74) is 2.16. The van der Waals surface area contributed by atoms with Crippen molar-refractivity contribution < 1.29 is 13.2 Å². The van der Waals surface area contributed by atoms with Gasteiger partial charge >= 0.3 is 0 Å². The normalized spacial score (nSPS) is 12.3. The Bertz CT molecular complexity index is 920. The molecule has 0 saturated heterocycles. The highest BCUT2D eigenvalue weighted by Crippen LogP contribution is 2.28. The largest absolute Gasteiger partial charge is 0.373 e. The van der Waals surface area contributed by atoms with Crippen LogP contribution in [0.4, 0.5) is 11.4 Å². The number of nitrogens with one attached hydrogen (secondary N) is 1. The van der Waals surface area contributed by atoms with Crippen LogP contribution in [-0.2, 0) is 14.8 Å². The number of benzene rings is 2. The Kier molecular flexibility index (Phi) is 7.32. The molecule has 0 aromatic heterocycles. The van der Waals surface area contributed by atoms with Gasteiger partial charge in [-0.1, -0.05) is 35.9 Å². The van der Waals surface area contributed by atoms with E-state index in [-0.39, 0.29) is 5.91 Å². The number of halogens is 1. The molecule has 0 heterocycles. The van der Waals surface area contributed by atoms with E-state index in [1.54, 1.807) is 32.0 Å². The average Bonchev–Trinajstić information content (AvgIpc) is 2.64. The lowest BCUT2D eigenvalue weighted by Crippen LogP contribution is -2.49. The van der Waals surface area contributed by atoms with E-state index < -0.39 is 16.1 Å². The molecule has 2 aromatic carbocycles. The zero-order valence-corrected chi connectivity index (χ0v) is 18.1. The summed E-state index contributed by atoms with van der Waals surface area (Å²) >= 11 is 6.04.